The summed E-state index contributed by atoms with van der Waals surface area (Å²) < 4.78 is 0. The minimum Gasteiger partial charge on any atom is -0.305 e. The van der Waals surface area contributed by atoms with Gasteiger partial charge in [-0.1, -0.05) is 24.3 Å². The Hall–Kier alpha value is -1.15. The van der Waals surface area contributed by atoms with E-state index in [2.05, 4.69) is 11.0 Å². The van der Waals surface area contributed by atoms with E-state index in [1.54, 1.807) is 12.1 Å². The van der Waals surface area contributed by atoms with Gasteiger partial charge in [0.2, 0.25) is 0 Å². The van der Waals surface area contributed by atoms with Crippen LogP contribution in [0.2, 0.25) is 0 Å². The fourth-order valence-electron chi connectivity index (χ4n) is 1.65. The number of rotatable bonds is 2. The van der Waals surface area contributed by atoms with Gasteiger partial charge in [0.1, 0.15) is 0 Å². The highest BCUT2D eigenvalue weighted by molar-refractivity contribution is 5.98. The van der Waals surface area contributed by atoms with Crippen LogP contribution in [0.1, 0.15) is 10.4 Å². The fourth-order valence-corrected chi connectivity index (χ4v) is 1.65. The first kappa shape index (κ1) is 8.45. The van der Waals surface area contributed by atoms with Crippen LogP contribution in [0.15, 0.2) is 24.3 Å². The summed E-state index contributed by atoms with van der Waals surface area (Å²) in [5, 5.41) is 0. The molecule has 0 amide bonds. The maximum absolute atomic E-state index is 11.7. The van der Waals surface area contributed by atoms with Crippen molar-refractivity contribution in [1.29, 1.82) is 0 Å². The molecule has 1 saturated heterocycles. The molecule has 0 aromatic heterocycles. The Morgan fingerprint density at radius 3 is 2.62 bits per heavy atom. The molecule has 0 unspecified atom stereocenters. The Balaban J connectivity index is 2.06. The largest absolute Gasteiger partial charge is 0.305 e. The molecule has 1 fully saturated rings. The van der Waals surface area contributed by atoms with Gasteiger partial charge in [0, 0.05) is 24.6 Å². The second-order valence-corrected chi connectivity index (χ2v) is 3.57. The molecular weight excluding hydrogens is 162 g/mol. The molecule has 1 aromatic rings. The Kier molecular flexibility index (Phi) is 2.15. The average molecular weight is 174 g/mol. The molecule has 2 nitrogen and oxygen atoms in total. The predicted octanol–water partition coefficient (Wildman–Crippen LogP) is 1.23. The number of Topliss-reactive ketones (excluding diaryl/α,β-unsaturated/α-hetero) is 1. The number of hydrogen-bond acceptors (Lipinski definition) is 2. The van der Waals surface area contributed by atoms with Gasteiger partial charge in [-0.25, -0.2) is 0 Å². The van der Waals surface area contributed by atoms with Gasteiger partial charge in [-0.3, -0.25) is 4.79 Å². The summed E-state index contributed by atoms with van der Waals surface area (Å²) in [6.07, 6.45) is 0. The third kappa shape index (κ3) is 1.63. The Morgan fingerprint density at radius 2 is 2.08 bits per heavy atom. The molecule has 13 heavy (non-hydrogen) atoms. The van der Waals surface area contributed by atoms with Crippen LogP contribution in [-0.2, 0) is 0 Å². The van der Waals surface area contributed by atoms with Gasteiger partial charge in [-0.05, 0) is 13.1 Å². The third-order valence-corrected chi connectivity index (χ3v) is 2.44. The molecule has 1 aromatic carbocycles. The van der Waals surface area contributed by atoms with Crippen LogP contribution >= 0.6 is 0 Å². The van der Waals surface area contributed by atoms with Gasteiger partial charge in [0.05, 0.1) is 0 Å². The van der Waals surface area contributed by atoms with E-state index in [4.69, 9.17) is 0 Å². The Labute approximate surface area is 78.2 Å². The molecule has 1 aliphatic heterocycles. The lowest BCUT2D eigenvalue weighted by atomic mass is 9.91. The van der Waals surface area contributed by atoms with Gasteiger partial charge >= 0.3 is 0 Å². The van der Waals surface area contributed by atoms with Crippen molar-refractivity contribution in [2.45, 2.75) is 0 Å². The zero-order valence-electron chi connectivity index (χ0n) is 7.66. The topological polar surface area (TPSA) is 20.3 Å². The highest BCUT2D eigenvalue weighted by Crippen LogP contribution is 2.18. The third-order valence-electron chi connectivity index (χ3n) is 2.44. The molecule has 2 heteroatoms. The van der Waals surface area contributed by atoms with Crippen LogP contribution in [0.3, 0.4) is 0 Å². The fraction of sp³-hybridized carbons (Fsp3) is 0.364. The summed E-state index contributed by atoms with van der Waals surface area (Å²) in [5.74, 6) is 0.486. The Morgan fingerprint density at radius 1 is 1.46 bits per heavy atom. The van der Waals surface area contributed by atoms with Gasteiger partial charge in [0.25, 0.3) is 0 Å². The maximum Gasteiger partial charge on any atom is 0.168 e. The number of ketones is 1. The zero-order chi connectivity index (χ0) is 9.26. The number of carbonyl (C=O) groups is 1. The second-order valence-electron chi connectivity index (χ2n) is 3.57. The summed E-state index contributed by atoms with van der Waals surface area (Å²) >= 11 is 0. The summed E-state index contributed by atoms with van der Waals surface area (Å²) in [4.78, 5) is 13.9. The number of likely N-dealkylation sites (tertiary alicyclic amines) is 1. The standard InChI is InChI=1S/C11H12NO/c1-12-7-10(8-12)11(13)9-5-3-2-4-6-9/h3-6,10H,7-8H2,1H3. The highest BCUT2D eigenvalue weighted by Gasteiger charge is 2.30. The molecule has 0 saturated carbocycles. The van der Waals surface area contributed by atoms with Gasteiger partial charge < -0.3 is 4.90 Å². The first-order chi connectivity index (χ1) is 6.27. The molecule has 67 valence electrons. The first-order valence-corrected chi connectivity index (χ1v) is 4.46. The van der Waals surface area contributed by atoms with E-state index in [-0.39, 0.29) is 11.7 Å². The molecule has 0 spiro atoms. The monoisotopic (exact) mass is 174 g/mol. The number of hydrogen-bond donors (Lipinski definition) is 0. The molecule has 2 rings (SSSR count). The van der Waals surface area contributed by atoms with Crippen molar-refractivity contribution < 1.29 is 4.79 Å². The lowest BCUT2D eigenvalue weighted by molar-refractivity contribution is 0.0702. The molecule has 1 radical (unpaired) electrons. The zero-order valence-corrected chi connectivity index (χ0v) is 7.66. The van der Waals surface area contributed by atoms with E-state index < -0.39 is 0 Å². The lowest BCUT2D eigenvalue weighted by Gasteiger charge is -2.34. The van der Waals surface area contributed by atoms with E-state index in [0.29, 0.717) is 0 Å². The van der Waals surface area contributed by atoms with Crippen molar-refractivity contribution in [3.8, 4) is 0 Å². The predicted molar refractivity (Wildman–Crippen MR) is 50.6 cm³/mol. The number of carbonyl (C=O) groups excluding carboxylic acids is 1. The van der Waals surface area contributed by atoms with Crippen LogP contribution in [0, 0.1) is 12.0 Å². The number of benzene rings is 1. The van der Waals surface area contributed by atoms with Crippen molar-refractivity contribution in [1.82, 2.24) is 4.90 Å². The first-order valence-electron chi connectivity index (χ1n) is 4.46. The van der Waals surface area contributed by atoms with Crippen molar-refractivity contribution >= 4 is 5.78 Å². The summed E-state index contributed by atoms with van der Waals surface area (Å²) in [5.41, 5.74) is 0.817. The second kappa shape index (κ2) is 3.30. The van der Waals surface area contributed by atoms with Crippen LogP contribution in [0.5, 0.6) is 0 Å². The van der Waals surface area contributed by atoms with Gasteiger partial charge in [-0.15, -0.1) is 0 Å². The SMILES string of the molecule is CN1CC(C(=O)c2cc[c]cc2)C1. The van der Waals surface area contributed by atoms with E-state index >= 15 is 0 Å². The van der Waals surface area contributed by atoms with E-state index in [1.807, 2.05) is 19.2 Å². The molecule has 0 bridgehead atoms. The smallest absolute Gasteiger partial charge is 0.168 e. The molecule has 1 heterocycles. The summed E-state index contributed by atoms with van der Waals surface area (Å²) in [6, 6.07) is 10.2. The quantitative estimate of drug-likeness (QED) is 0.628. The van der Waals surface area contributed by atoms with Crippen LogP contribution in [0.4, 0.5) is 0 Å². The minimum absolute atomic E-state index is 0.215. The molecule has 0 aliphatic carbocycles. The van der Waals surface area contributed by atoms with Gasteiger partial charge in [0.15, 0.2) is 5.78 Å². The minimum atomic E-state index is 0.215. The van der Waals surface area contributed by atoms with Crippen LogP contribution in [-0.4, -0.2) is 30.8 Å². The highest BCUT2D eigenvalue weighted by atomic mass is 16.1. The van der Waals surface area contributed by atoms with Crippen LogP contribution in [0.25, 0.3) is 0 Å². The van der Waals surface area contributed by atoms with E-state index in [1.165, 1.54) is 0 Å². The van der Waals surface area contributed by atoms with Gasteiger partial charge in [-0.2, -0.15) is 0 Å². The number of nitrogens with zero attached hydrogens (tertiary/aromatic N) is 1. The molecule has 0 atom stereocenters. The van der Waals surface area contributed by atoms with Crippen molar-refractivity contribution in [3.05, 3.63) is 35.9 Å². The summed E-state index contributed by atoms with van der Waals surface area (Å²) in [7, 11) is 2.03. The summed E-state index contributed by atoms with van der Waals surface area (Å²) in [6.45, 7) is 1.80. The van der Waals surface area contributed by atoms with Crippen molar-refractivity contribution in [3.63, 3.8) is 0 Å². The maximum atomic E-state index is 11.7. The molecular formula is C11H12NO. The van der Waals surface area contributed by atoms with E-state index in [0.717, 1.165) is 18.7 Å². The van der Waals surface area contributed by atoms with E-state index in [9.17, 15) is 4.79 Å². The molecule has 1 aliphatic rings. The van der Waals surface area contributed by atoms with Crippen molar-refractivity contribution in [2.75, 3.05) is 20.1 Å². The van der Waals surface area contributed by atoms with Crippen molar-refractivity contribution in [2.24, 2.45) is 5.92 Å². The Bertz CT molecular complexity index is 301. The average Bonchev–Trinajstić information content (AvgIpc) is 2.13. The lowest BCUT2D eigenvalue weighted by Crippen LogP contribution is -2.47. The normalized spacial score (nSPS) is 18.2. The van der Waals surface area contributed by atoms with Crippen LogP contribution < -0.4 is 0 Å². The molecule has 0 N–H and O–H groups in total.